The highest BCUT2D eigenvalue weighted by molar-refractivity contribution is 7.22. The van der Waals surface area contributed by atoms with Gasteiger partial charge in [0.05, 0.1) is 10.2 Å². The largest absolute Gasteiger partial charge is 0.361 e. The Kier molecular flexibility index (Phi) is 3.56. The molecule has 0 radical (unpaired) electrons. The maximum Gasteiger partial charge on any atom is 0.183 e. The van der Waals surface area contributed by atoms with Crippen LogP contribution in [0.3, 0.4) is 0 Å². The minimum absolute atomic E-state index is 1.04. The van der Waals surface area contributed by atoms with Crippen molar-refractivity contribution in [2.24, 2.45) is 0 Å². The first-order valence-electron chi connectivity index (χ1n) is 5.49. The van der Waals surface area contributed by atoms with E-state index in [2.05, 4.69) is 35.4 Å². The van der Waals surface area contributed by atoms with Gasteiger partial charge in [-0.15, -0.1) is 0 Å². The Bertz CT molecular complexity index is 389. The quantitative estimate of drug-likeness (QED) is 0.773. The van der Waals surface area contributed by atoms with Gasteiger partial charge in [-0.05, 0) is 18.6 Å². The predicted molar refractivity (Wildman–Crippen MR) is 67.6 cm³/mol. The standard InChI is InChI=1S/C12H16N2S/c1-2-3-6-9-13-12-14-10-7-4-5-8-11(10)15-12/h4-5,7-8H,2-3,6,9H2,1H3,(H,13,14). The summed E-state index contributed by atoms with van der Waals surface area (Å²) in [5, 5.41) is 4.42. The molecule has 1 heterocycles. The van der Waals surface area contributed by atoms with Crippen molar-refractivity contribution in [1.82, 2.24) is 4.98 Å². The van der Waals surface area contributed by atoms with E-state index >= 15 is 0 Å². The number of anilines is 1. The zero-order valence-corrected chi connectivity index (χ0v) is 9.81. The molecule has 1 aromatic carbocycles. The van der Waals surface area contributed by atoms with E-state index in [-0.39, 0.29) is 0 Å². The molecule has 0 aliphatic carbocycles. The molecule has 0 unspecified atom stereocenters. The summed E-state index contributed by atoms with van der Waals surface area (Å²) in [6.07, 6.45) is 3.78. The van der Waals surface area contributed by atoms with E-state index in [4.69, 9.17) is 0 Å². The van der Waals surface area contributed by atoms with Crippen LogP contribution < -0.4 is 5.32 Å². The van der Waals surface area contributed by atoms with E-state index in [0.717, 1.165) is 17.2 Å². The minimum atomic E-state index is 1.04. The lowest BCUT2D eigenvalue weighted by Gasteiger charge is -1.99. The lowest BCUT2D eigenvalue weighted by Crippen LogP contribution is -2.00. The van der Waals surface area contributed by atoms with Gasteiger partial charge in [-0.3, -0.25) is 0 Å². The van der Waals surface area contributed by atoms with Crippen molar-refractivity contribution in [3.8, 4) is 0 Å². The number of fused-ring (bicyclic) bond motifs is 1. The smallest absolute Gasteiger partial charge is 0.183 e. The van der Waals surface area contributed by atoms with Crippen LogP contribution in [0.1, 0.15) is 26.2 Å². The molecule has 15 heavy (non-hydrogen) atoms. The number of nitrogens with zero attached hydrogens (tertiary/aromatic N) is 1. The van der Waals surface area contributed by atoms with Crippen LogP contribution in [-0.2, 0) is 0 Å². The van der Waals surface area contributed by atoms with E-state index in [1.165, 1.54) is 24.0 Å². The summed E-state index contributed by atoms with van der Waals surface area (Å²) in [5.74, 6) is 0. The predicted octanol–water partition coefficient (Wildman–Crippen LogP) is 3.90. The highest BCUT2D eigenvalue weighted by Gasteiger charge is 2.00. The zero-order valence-electron chi connectivity index (χ0n) is 8.99. The van der Waals surface area contributed by atoms with Crippen LogP contribution in [0.15, 0.2) is 24.3 Å². The molecule has 0 fully saturated rings. The number of hydrogen-bond acceptors (Lipinski definition) is 3. The maximum atomic E-state index is 4.52. The summed E-state index contributed by atoms with van der Waals surface area (Å²) >= 11 is 1.73. The monoisotopic (exact) mass is 220 g/mol. The molecular weight excluding hydrogens is 204 g/mol. The van der Waals surface area contributed by atoms with Crippen LogP contribution in [0.5, 0.6) is 0 Å². The summed E-state index contributed by atoms with van der Waals surface area (Å²) < 4.78 is 1.26. The SMILES string of the molecule is CCCCCNc1nc2ccccc2s1. The molecular formula is C12H16N2S. The highest BCUT2D eigenvalue weighted by atomic mass is 32.1. The fourth-order valence-electron chi connectivity index (χ4n) is 1.52. The number of para-hydroxylation sites is 1. The normalized spacial score (nSPS) is 10.7. The van der Waals surface area contributed by atoms with E-state index in [0.29, 0.717) is 0 Å². The van der Waals surface area contributed by atoms with Crippen molar-refractivity contribution in [1.29, 1.82) is 0 Å². The molecule has 3 heteroatoms. The first-order chi connectivity index (χ1) is 7.40. The Morgan fingerprint density at radius 1 is 1.27 bits per heavy atom. The lowest BCUT2D eigenvalue weighted by molar-refractivity contribution is 0.743. The number of benzene rings is 1. The van der Waals surface area contributed by atoms with E-state index in [9.17, 15) is 0 Å². The molecule has 0 aliphatic rings. The Morgan fingerprint density at radius 2 is 2.13 bits per heavy atom. The third-order valence-corrected chi connectivity index (χ3v) is 3.34. The first kappa shape index (κ1) is 10.4. The summed E-state index contributed by atoms with van der Waals surface area (Å²) in [4.78, 5) is 4.52. The average molecular weight is 220 g/mol. The number of unbranched alkanes of at least 4 members (excludes halogenated alkanes) is 2. The summed E-state index contributed by atoms with van der Waals surface area (Å²) in [7, 11) is 0. The summed E-state index contributed by atoms with van der Waals surface area (Å²) in [5.41, 5.74) is 1.10. The Labute approximate surface area is 94.3 Å². The van der Waals surface area contributed by atoms with Crippen LogP contribution in [-0.4, -0.2) is 11.5 Å². The third kappa shape index (κ3) is 2.69. The van der Waals surface area contributed by atoms with Gasteiger partial charge in [0.15, 0.2) is 5.13 Å². The fraction of sp³-hybridized carbons (Fsp3) is 0.417. The minimum Gasteiger partial charge on any atom is -0.361 e. The second-order valence-corrected chi connectivity index (χ2v) is 4.65. The Morgan fingerprint density at radius 3 is 2.93 bits per heavy atom. The van der Waals surface area contributed by atoms with Crippen molar-refractivity contribution in [3.63, 3.8) is 0 Å². The number of hydrogen-bond donors (Lipinski definition) is 1. The number of thiazole rings is 1. The molecule has 0 saturated carbocycles. The van der Waals surface area contributed by atoms with Gasteiger partial charge < -0.3 is 5.32 Å². The van der Waals surface area contributed by atoms with Crippen LogP contribution in [0, 0.1) is 0 Å². The second kappa shape index (κ2) is 5.12. The fourth-order valence-corrected chi connectivity index (χ4v) is 2.41. The van der Waals surface area contributed by atoms with Crippen LogP contribution >= 0.6 is 11.3 Å². The van der Waals surface area contributed by atoms with Crippen molar-refractivity contribution in [3.05, 3.63) is 24.3 Å². The molecule has 0 aliphatic heterocycles. The topological polar surface area (TPSA) is 24.9 Å². The molecule has 2 aromatic rings. The van der Waals surface area contributed by atoms with Gasteiger partial charge in [-0.1, -0.05) is 43.2 Å². The molecule has 2 nitrogen and oxygen atoms in total. The van der Waals surface area contributed by atoms with Gasteiger partial charge in [0.25, 0.3) is 0 Å². The zero-order chi connectivity index (χ0) is 10.5. The first-order valence-corrected chi connectivity index (χ1v) is 6.31. The van der Waals surface area contributed by atoms with Crippen LogP contribution in [0.2, 0.25) is 0 Å². The molecule has 0 amide bonds. The van der Waals surface area contributed by atoms with Gasteiger partial charge >= 0.3 is 0 Å². The number of rotatable bonds is 5. The van der Waals surface area contributed by atoms with E-state index in [1.807, 2.05) is 6.07 Å². The van der Waals surface area contributed by atoms with Gasteiger partial charge in [0, 0.05) is 6.54 Å². The van der Waals surface area contributed by atoms with Gasteiger partial charge in [0.1, 0.15) is 0 Å². The van der Waals surface area contributed by atoms with E-state index < -0.39 is 0 Å². The van der Waals surface area contributed by atoms with Crippen LogP contribution in [0.4, 0.5) is 5.13 Å². The van der Waals surface area contributed by atoms with Crippen LogP contribution in [0.25, 0.3) is 10.2 Å². The summed E-state index contributed by atoms with van der Waals surface area (Å²) in [6.45, 7) is 3.26. The molecule has 0 spiro atoms. The van der Waals surface area contributed by atoms with Gasteiger partial charge in [0.2, 0.25) is 0 Å². The van der Waals surface area contributed by atoms with Crippen molar-refractivity contribution < 1.29 is 0 Å². The van der Waals surface area contributed by atoms with E-state index in [1.54, 1.807) is 11.3 Å². The second-order valence-electron chi connectivity index (χ2n) is 3.62. The number of nitrogens with one attached hydrogen (secondary N) is 1. The van der Waals surface area contributed by atoms with Crippen molar-refractivity contribution in [2.75, 3.05) is 11.9 Å². The van der Waals surface area contributed by atoms with Crippen molar-refractivity contribution in [2.45, 2.75) is 26.2 Å². The molecule has 0 atom stereocenters. The third-order valence-electron chi connectivity index (χ3n) is 2.35. The maximum absolute atomic E-state index is 4.52. The highest BCUT2D eigenvalue weighted by Crippen LogP contribution is 2.25. The summed E-state index contributed by atoms with van der Waals surface area (Å²) in [6, 6.07) is 8.26. The Hall–Kier alpha value is -1.09. The van der Waals surface area contributed by atoms with Gasteiger partial charge in [-0.2, -0.15) is 0 Å². The molecule has 80 valence electrons. The van der Waals surface area contributed by atoms with Crippen molar-refractivity contribution >= 4 is 26.7 Å². The molecule has 2 rings (SSSR count). The molecule has 1 N–H and O–H groups in total. The van der Waals surface area contributed by atoms with Gasteiger partial charge in [-0.25, -0.2) is 4.98 Å². The lowest BCUT2D eigenvalue weighted by atomic mass is 10.2. The molecule has 1 aromatic heterocycles. The molecule has 0 saturated heterocycles. The molecule has 0 bridgehead atoms. The Balaban J connectivity index is 1.97. The average Bonchev–Trinajstić information content (AvgIpc) is 2.67. The number of aromatic nitrogens is 1.